The maximum Gasteiger partial charge on any atom is 0.282 e. The lowest BCUT2D eigenvalue weighted by Gasteiger charge is -2.38. The maximum absolute atomic E-state index is 12.9. The summed E-state index contributed by atoms with van der Waals surface area (Å²) in [6, 6.07) is 16.6. The molecule has 0 bridgehead atoms. The summed E-state index contributed by atoms with van der Waals surface area (Å²) in [5.41, 5.74) is 4.21. The third kappa shape index (κ3) is 3.09. The highest BCUT2D eigenvalue weighted by atomic mass is 16.1. The SMILES string of the molecule is CC(C)N1CCN(c2ccc3[nH]cc4c(=O)n(-c5ccccc5)nc-4c3c2)CC1. The van der Waals surface area contributed by atoms with Crippen molar-refractivity contribution in [3.8, 4) is 16.9 Å². The number of aromatic nitrogens is 3. The van der Waals surface area contributed by atoms with Crippen LogP contribution in [-0.2, 0) is 0 Å². The topological polar surface area (TPSA) is 57.2 Å². The zero-order valence-corrected chi connectivity index (χ0v) is 16.8. The summed E-state index contributed by atoms with van der Waals surface area (Å²) >= 11 is 0. The first kappa shape index (κ1) is 17.9. The van der Waals surface area contributed by atoms with Gasteiger partial charge in [0.15, 0.2) is 0 Å². The van der Waals surface area contributed by atoms with E-state index in [1.165, 1.54) is 10.4 Å². The number of piperazine rings is 1. The van der Waals surface area contributed by atoms with Crippen molar-refractivity contribution in [3.63, 3.8) is 0 Å². The largest absolute Gasteiger partial charge is 0.369 e. The molecule has 148 valence electrons. The molecule has 0 atom stereocenters. The van der Waals surface area contributed by atoms with Crippen molar-refractivity contribution in [1.82, 2.24) is 19.7 Å². The van der Waals surface area contributed by atoms with Gasteiger partial charge >= 0.3 is 0 Å². The number of fused-ring (bicyclic) bond motifs is 3. The summed E-state index contributed by atoms with van der Waals surface area (Å²) in [5.74, 6) is 0. The van der Waals surface area contributed by atoms with E-state index in [2.05, 4.69) is 51.9 Å². The molecule has 2 aromatic rings. The second-order valence-corrected chi connectivity index (χ2v) is 7.95. The highest BCUT2D eigenvalue weighted by Crippen LogP contribution is 2.30. The van der Waals surface area contributed by atoms with Gasteiger partial charge in [-0.2, -0.15) is 9.78 Å². The fourth-order valence-electron chi connectivity index (χ4n) is 4.19. The highest BCUT2D eigenvalue weighted by Gasteiger charge is 2.22. The highest BCUT2D eigenvalue weighted by molar-refractivity contribution is 5.95. The predicted molar refractivity (Wildman–Crippen MR) is 117 cm³/mol. The van der Waals surface area contributed by atoms with E-state index in [4.69, 9.17) is 0 Å². The molecule has 0 radical (unpaired) electrons. The first-order valence-corrected chi connectivity index (χ1v) is 10.2. The van der Waals surface area contributed by atoms with E-state index in [0.29, 0.717) is 11.6 Å². The van der Waals surface area contributed by atoms with Crippen LogP contribution in [0.4, 0.5) is 5.69 Å². The summed E-state index contributed by atoms with van der Waals surface area (Å²) in [6.45, 7) is 8.66. The van der Waals surface area contributed by atoms with Crippen molar-refractivity contribution in [2.24, 2.45) is 0 Å². The van der Waals surface area contributed by atoms with Crippen molar-refractivity contribution in [1.29, 1.82) is 0 Å². The summed E-state index contributed by atoms with van der Waals surface area (Å²) in [6.07, 6.45) is 1.77. The minimum Gasteiger partial charge on any atom is -0.369 e. The van der Waals surface area contributed by atoms with Crippen LogP contribution in [-0.4, -0.2) is 51.9 Å². The Morgan fingerprint density at radius 3 is 2.45 bits per heavy atom. The Bertz CT molecular complexity index is 1170. The van der Waals surface area contributed by atoms with Gasteiger partial charge in [0.2, 0.25) is 0 Å². The van der Waals surface area contributed by atoms with E-state index >= 15 is 0 Å². The Morgan fingerprint density at radius 2 is 1.72 bits per heavy atom. The van der Waals surface area contributed by atoms with Crippen molar-refractivity contribution in [2.75, 3.05) is 31.1 Å². The second kappa shape index (κ2) is 7.04. The zero-order valence-electron chi connectivity index (χ0n) is 16.8. The monoisotopic (exact) mass is 387 g/mol. The first-order chi connectivity index (χ1) is 14.1. The molecule has 3 aliphatic rings. The maximum atomic E-state index is 12.9. The molecule has 1 fully saturated rings. The van der Waals surface area contributed by atoms with E-state index in [1.54, 1.807) is 6.20 Å². The van der Waals surface area contributed by atoms with Crippen molar-refractivity contribution in [3.05, 3.63) is 65.1 Å². The molecule has 29 heavy (non-hydrogen) atoms. The Hall–Kier alpha value is -3.12. The van der Waals surface area contributed by atoms with Crippen LogP contribution in [0.3, 0.4) is 0 Å². The van der Waals surface area contributed by atoms with Crippen molar-refractivity contribution in [2.45, 2.75) is 19.9 Å². The van der Waals surface area contributed by atoms with Gasteiger partial charge in [0.05, 0.1) is 11.3 Å². The van der Waals surface area contributed by atoms with E-state index in [9.17, 15) is 4.79 Å². The smallest absolute Gasteiger partial charge is 0.282 e. The van der Waals surface area contributed by atoms with Gasteiger partial charge in [0.1, 0.15) is 5.69 Å². The predicted octanol–water partition coefficient (Wildman–Crippen LogP) is 3.35. The lowest BCUT2D eigenvalue weighted by atomic mass is 10.1. The standard InChI is InChI=1S/C23H25N5O/c1-16(2)26-10-12-27(13-11-26)18-8-9-21-19(14-18)22-20(15-24-21)23(29)28(25-22)17-6-4-3-5-7-17/h3-9,14-16,24H,10-13H2,1-2H3. The van der Waals surface area contributed by atoms with Gasteiger partial charge in [-0.1, -0.05) is 18.2 Å². The number of hydrogen-bond donors (Lipinski definition) is 1. The van der Waals surface area contributed by atoms with Crippen molar-refractivity contribution >= 4 is 16.6 Å². The van der Waals surface area contributed by atoms with Gasteiger partial charge in [0.25, 0.3) is 5.56 Å². The molecule has 1 saturated heterocycles. The van der Waals surface area contributed by atoms with E-state index in [1.807, 2.05) is 30.3 Å². The minimum absolute atomic E-state index is 0.0969. The fraction of sp³-hybridized carbons (Fsp3) is 0.304. The van der Waals surface area contributed by atoms with E-state index in [0.717, 1.165) is 48.5 Å². The third-order valence-electron chi connectivity index (χ3n) is 5.92. The molecule has 5 rings (SSSR count). The minimum atomic E-state index is -0.0969. The molecule has 3 aliphatic heterocycles. The first-order valence-electron chi connectivity index (χ1n) is 10.2. The molecule has 0 spiro atoms. The van der Waals surface area contributed by atoms with E-state index in [-0.39, 0.29) is 5.56 Å². The molecule has 3 heterocycles. The quantitative estimate of drug-likeness (QED) is 0.586. The lowest BCUT2D eigenvalue weighted by molar-refractivity contribution is 0.209. The molecular formula is C23H25N5O. The van der Waals surface area contributed by atoms with Gasteiger partial charge in [-0.25, -0.2) is 0 Å². The normalized spacial score (nSPS) is 15.6. The van der Waals surface area contributed by atoms with Gasteiger partial charge in [-0.15, -0.1) is 0 Å². The molecule has 1 N–H and O–H groups in total. The molecule has 0 aliphatic carbocycles. The number of anilines is 1. The van der Waals surface area contributed by atoms with Gasteiger partial charge in [-0.05, 0) is 44.2 Å². The number of H-pyrrole nitrogens is 1. The Balaban J connectivity index is 1.57. The zero-order chi connectivity index (χ0) is 20.0. The number of para-hydroxylation sites is 1. The third-order valence-corrected chi connectivity index (χ3v) is 5.92. The summed E-state index contributed by atoms with van der Waals surface area (Å²) in [7, 11) is 0. The fourth-order valence-corrected chi connectivity index (χ4v) is 4.19. The van der Waals surface area contributed by atoms with Crippen LogP contribution in [0.5, 0.6) is 0 Å². The Morgan fingerprint density at radius 1 is 0.966 bits per heavy atom. The molecule has 2 aromatic carbocycles. The molecule has 6 heteroatoms. The number of benzene rings is 2. The number of aromatic amines is 1. The lowest BCUT2D eigenvalue weighted by Crippen LogP contribution is -2.48. The van der Waals surface area contributed by atoms with Gasteiger partial charge < -0.3 is 9.88 Å². The average molecular weight is 387 g/mol. The summed E-state index contributed by atoms with van der Waals surface area (Å²) < 4.78 is 1.49. The molecule has 0 amide bonds. The number of rotatable bonds is 3. The van der Waals surface area contributed by atoms with Crippen LogP contribution in [0, 0.1) is 0 Å². The Labute approximate surface area is 169 Å². The Kier molecular flexibility index (Phi) is 4.36. The van der Waals surface area contributed by atoms with Gasteiger partial charge in [-0.3, -0.25) is 9.69 Å². The van der Waals surface area contributed by atoms with Crippen LogP contribution < -0.4 is 10.5 Å². The van der Waals surface area contributed by atoms with Crippen LogP contribution >= 0.6 is 0 Å². The van der Waals surface area contributed by atoms with Gasteiger partial charge in [0, 0.05) is 55.0 Å². The van der Waals surface area contributed by atoms with Crippen LogP contribution in [0.15, 0.2) is 59.5 Å². The van der Waals surface area contributed by atoms with Crippen molar-refractivity contribution < 1.29 is 0 Å². The number of nitrogens with zero attached hydrogens (tertiary/aromatic N) is 4. The molecule has 0 saturated carbocycles. The van der Waals surface area contributed by atoms with Crippen LogP contribution in [0.1, 0.15) is 13.8 Å². The number of hydrogen-bond acceptors (Lipinski definition) is 4. The van der Waals surface area contributed by atoms with Crippen LogP contribution in [0.2, 0.25) is 0 Å². The second-order valence-electron chi connectivity index (χ2n) is 7.95. The summed E-state index contributed by atoms with van der Waals surface area (Å²) in [5, 5.41) is 5.67. The number of pyridine rings is 1. The van der Waals surface area contributed by atoms with E-state index < -0.39 is 0 Å². The average Bonchev–Trinajstić information content (AvgIpc) is 3.11. The molecular weight excluding hydrogens is 362 g/mol. The van der Waals surface area contributed by atoms with Crippen LogP contribution in [0.25, 0.3) is 27.8 Å². The summed E-state index contributed by atoms with van der Waals surface area (Å²) in [4.78, 5) is 21.1. The molecule has 0 aromatic heterocycles. The number of nitrogens with one attached hydrogen (secondary N) is 1. The molecule has 6 nitrogen and oxygen atoms in total. The molecule has 0 unspecified atom stereocenters.